The van der Waals surface area contributed by atoms with Crippen LogP contribution in [0.15, 0.2) is 18.2 Å². The number of hydrogen-bond acceptors (Lipinski definition) is 4. The zero-order valence-corrected chi connectivity index (χ0v) is 12.2. The molecule has 0 aliphatic heterocycles. The number of methoxy groups -OCH3 is 1. The Hall–Kier alpha value is -1.63. The topological polar surface area (TPSA) is 93.5 Å². The Morgan fingerprint density at radius 1 is 1.40 bits per heavy atom. The van der Waals surface area contributed by atoms with Crippen molar-refractivity contribution in [2.45, 2.75) is 19.4 Å². The Bertz CT molecular complexity index is 494. The van der Waals surface area contributed by atoms with Crippen LogP contribution in [0, 0.1) is 0 Å². The molecular weight excluding hydrogens is 282 g/mol. The smallest absolute Gasteiger partial charge is 0.243 e. The van der Waals surface area contributed by atoms with Gasteiger partial charge in [-0.1, -0.05) is 18.5 Å². The van der Waals surface area contributed by atoms with Crippen LogP contribution in [-0.2, 0) is 14.3 Å². The highest BCUT2D eigenvalue weighted by Gasteiger charge is 2.15. The van der Waals surface area contributed by atoms with E-state index in [0.29, 0.717) is 22.8 Å². The molecule has 1 aromatic rings. The summed E-state index contributed by atoms with van der Waals surface area (Å²) in [5, 5.41) is 5.64. The molecule has 1 aromatic carbocycles. The molecule has 6 nitrogen and oxygen atoms in total. The van der Waals surface area contributed by atoms with Gasteiger partial charge in [-0.2, -0.15) is 0 Å². The van der Waals surface area contributed by atoms with Gasteiger partial charge in [-0.25, -0.2) is 0 Å². The van der Waals surface area contributed by atoms with E-state index in [-0.39, 0.29) is 12.5 Å². The number of benzene rings is 1. The van der Waals surface area contributed by atoms with Crippen molar-refractivity contribution < 1.29 is 14.3 Å². The van der Waals surface area contributed by atoms with Crippen LogP contribution in [0.5, 0.6) is 0 Å². The van der Waals surface area contributed by atoms with Gasteiger partial charge in [0.2, 0.25) is 11.8 Å². The summed E-state index contributed by atoms with van der Waals surface area (Å²) >= 11 is 5.99. The van der Waals surface area contributed by atoms with Crippen LogP contribution in [0.3, 0.4) is 0 Å². The number of halogens is 1. The number of nitrogens with one attached hydrogen (secondary N) is 2. The molecule has 0 aliphatic rings. The van der Waals surface area contributed by atoms with Crippen molar-refractivity contribution in [3.8, 4) is 0 Å². The first-order valence-corrected chi connectivity index (χ1v) is 6.50. The van der Waals surface area contributed by atoms with Gasteiger partial charge in [-0.3, -0.25) is 9.59 Å². The molecule has 1 atom stereocenters. The van der Waals surface area contributed by atoms with Crippen molar-refractivity contribution >= 4 is 34.8 Å². The number of carbonyl (C=O) groups is 2. The lowest BCUT2D eigenvalue weighted by Crippen LogP contribution is -2.39. The molecule has 1 unspecified atom stereocenters. The lowest BCUT2D eigenvalue weighted by Gasteiger charge is -2.13. The fourth-order valence-corrected chi connectivity index (χ4v) is 1.59. The highest BCUT2D eigenvalue weighted by atomic mass is 35.5. The first-order chi connectivity index (χ1) is 9.47. The van der Waals surface area contributed by atoms with Crippen LogP contribution < -0.4 is 16.4 Å². The van der Waals surface area contributed by atoms with Gasteiger partial charge in [0, 0.05) is 19.2 Å². The summed E-state index contributed by atoms with van der Waals surface area (Å²) in [6.07, 6.45) is 0.364. The van der Waals surface area contributed by atoms with E-state index in [9.17, 15) is 9.59 Å². The predicted octanol–water partition coefficient (Wildman–Crippen LogP) is 1.60. The fourth-order valence-electron chi connectivity index (χ4n) is 1.43. The molecule has 0 aromatic heterocycles. The third kappa shape index (κ3) is 4.80. The second kappa shape index (κ2) is 7.84. The summed E-state index contributed by atoms with van der Waals surface area (Å²) in [7, 11) is 1.46. The van der Waals surface area contributed by atoms with Gasteiger partial charge in [0.15, 0.2) is 0 Å². The number of nitrogens with two attached hydrogens (primary N) is 1. The molecule has 0 saturated carbocycles. The van der Waals surface area contributed by atoms with Gasteiger partial charge in [0.05, 0.1) is 17.3 Å². The average molecular weight is 300 g/mol. The third-order valence-electron chi connectivity index (χ3n) is 2.51. The summed E-state index contributed by atoms with van der Waals surface area (Å²) in [6, 6.07) is 4.03. The summed E-state index contributed by atoms with van der Waals surface area (Å²) in [4.78, 5) is 23.1. The Morgan fingerprint density at radius 3 is 2.70 bits per heavy atom. The normalized spacial score (nSPS) is 11.8. The van der Waals surface area contributed by atoms with Gasteiger partial charge < -0.3 is 21.1 Å². The molecule has 0 spiro atoms. The number of amides is 2. The highest BCUT2D eigenvalue weighted by molar-refractivity contribution is 6.34. The van der Waals surface area contributed by atoms with Gasteiger partial charge in [-0.05, 0) is 18.2 Å². The summed E-state index contributed by atoms with van der Waals surface area (Å²) in [5.41, 5.74) is 6.55. The first-order valence-electron chi connectivity index (χ1n) is 6.12. The van der Waals surface area contributed by atoms with Crippen molar-refractivity contribution in [3.05, 3.63) is 23.2 Å². The van der Waals surface area contributed by atoms with Crippen LogP contribution >= 0.6 is 11.6 Å². The molecular formula is C13H18ClN3O3. The first kappa shape index (κ1) is 16.4. The van der Waals surface area contributed by atoms with Crippen molar-refractivity contribution in [1.29, 1.82) is 0 Å². The molecule has 0 fully saturated rings. The fraction of sp³-hybridized carbons (Fsp3) is 0.385. The number of ether oxygens (including phenoxy) is 1. The summed E-state index contributed by atoms with van der Waals surface area (Å²) in [6.45, 7) is 1.85. The predicted molar refractivity (Wildman–Crippen MR) is 78.9 cm³/mol. The van der Waals surface area contributed by atoms with Crippen LogP contribution in [0.25, 0.3) is 0 Å². The standard InChI is InChI=1S/C13H18ClN3O3/c1-3-12(18)16-8-4-5-9(14)11(6-8)17-13(19)10(15)7-20-2/h4-6,10H,3,7,15H2,1-2H3,(H,16,18)(H,17,19). The summed E-state index contributed by atoms with van der Waals surface area (Å²) < 4.78 is 4.81. The number of hydrogen-bond donors (Lipinski definition) is 3. The molecule has 2 amide bonds. The number of carbonyl (C=O) groups excluding carboxylic acids is 2. The summed E-state index contributed by atoms with van der Waals surface area (Å²) in [5.74, 6) is -0.534. The van der Waals surface area contributed by atoms with Crippen LogP contribution in [0.1, 0.15) is 13.3 Å². The molecule has 7 heteroatoms. The Labute approximate surface area is 122 Å². The van der Waals surface area contributed by atoms with E-state index >= 15 is 0 Å². The van der Waals surface area contributed by atoms with Crippen molar-refractivity contribution in [2.24, 2.45) is 5.73 Å². The highest BCUT2D eigenvalue weighted by Crippen LogP contribution is 2.25. The SMILES string of the molecule is CCC(=O)Nc1ccc(Cl)c(NC(=O)C(N)COC)c1. The molecule has 110 valence electrons. The quantitative estimate of drug-likeness (QED) is 0.744. The molecule has 0 aliphatic carbocycles. The van der Waals surface area contributed by atoms with E-state index in [4.69, 9.17) is 22.1 Å². The van der Waals surface area contributed by atoms with Gasteiger partial charge in [0.25, 0.3) is 0 Å². The van der Waals surface area contributed by atoms with Crippen LogP contribution in [0.2, 0.25) is 5.02 Å². The van der Waals surface area contributed by atoms with Crippen molar-refractivity contribution in [3.63, 3.8) is 0 Å². The van der Waals surface area contributed by atoms with E-state index in [1.54, 1.807) is 25.1 Å². The lowest BCUT2D eigenvalue weighted by molar-refractivity contribution is -0.118. The minimum Gasteiger partial charge on any atom is -0.383 e. The molecule has 4 N–H and O–H groups in total. The molecule has 1 rings (SSSR count). The van der Waals surface area contributed by atoms with Gasteiger partial charge >= 0.3 is 0 Å². The van der Waals surface area contributed by atoms with E-state index in [0.717, 1.165) is 0 Å². The molecule has 20 heavy (non-hydrogen) atoms. The zero-order chi connectivity index (χ0) is 15.1. The van der Waals surface area contributed by atoms with Gasteiger partial charge in [0.1, 0.15) is 6.04 Å². The molecule has 0 heterocycles. The van der Waals surface area contributed by atoms with Gasteiger partial charge in [-0.15, -0.1) is 0 Å². The lowest BCUT2D eigenvalue weighted by atomic mass is 10.2. The Morgan fingerprint density at radius 2 is 2.10 bits per heavy atom. The second-order valence-corrected chi connectivity index (χ2v) is 4.55. The number of rotatable bonds is 6. The molecule has 0 bridgehead atoms. The Balaban J connectivity index is 2.81. The monoisotopic (exact) mass is 299 g/mol. The van der Waals surface area contributed by atoms with Crippen LogP contribution in [0.4, 0.5) is 11.4 Å². The average Bonchev–Trinajstić information content (AvgIpc) is 2.42. The van der Waals surface area contributed by atoms with E-state index in [1.807, 2.05) is 0 Å². The Kier molecular flexibility index (Phi) is 6.44. The third-order valence-corrected chi connectivity index (χ3v) is 2.84. The van der Waals surface area contributed by atoms with Crippen LogP contribution in [-0.4, -0.2) is 31.6 Å². The van der Waals surface area contributed by atoms with E-state index in [2.05, 4.69) is 10.6 Å². The van der Waals surface area contributed by atoms with E-state index < -0.39 is 11.9 Å². The minimum absolute atomic E-state index is 0.107. The maximum absolute atomic E-state index is 11.8. The molecule has 0 saturated heterocycles. The maximum atomic E-state index is 11.8. The zero-order valence-electron chi connectivity index (χ0n) is 11.4. The van der Waals surface area contributed by atoms with E-state index in [1.165, 1.54) is 7.11 Å². The maximum Gasteiger partial charge on any atom is 0.243 e. The largest absolute Gasteiger partial charge is 0.383 e. The second-order valence-electron chi connectivity index (χ2n) is 4.15. The minimum atomic E-state index is -0.787. The van der Waals surface area contributed by atoms with Crippen molar-refractivity contribution in [2.75, 3.05) is 24.4 Å². The van der Waals surface area contributed by atoms with Crippen molar-refractivity contribution in [1.82, 2.24) is 0 Å². The molecule has 0 radical (unpaired) electrons. The number of anilines is 2.